The fourth-order valence-corrected chi connectivity index (χ4v) is 3.33. The van der Waals surface area contributed by atoms with Gasteiger partial charge >= 0.3 is 0 Å². The highest BCUT2D eigenvalue weighted by molar-refractivity contribution is 5.02. The highest BCUT2D eigenvalue weighted by Crippen LogP contribution is 2.32. The molecule has 1 N–H and O–H groups in total. The first kappa shape index (κ1) is 15.6. The topological polar surface area (TPSA) is 29.9 Å². The van der Waals surface area contributed by atoms with Crippen molar-refractivity contribution in [2.75, 3.05) is 13.1 Å². The largest absolute Gasteiger partial charge is 0.316 e. The number of nitrogens with zero attached hydrogens (tertiary/aromatic N) is 2. The Labute approximate surface area is 124 Å². The number of aromatic nitrogens is 2. The van der Waals surface area contributed by atoms with Crippen molar-refractivity contribution in [2.24, 2.45) is 11.8 Å². The molecule has 0 saturated heterocycles. The molecule has 1 fully saturated rings. The van der Waals surface area contributed by atoms with Crippen LogP contribution in [0.1, 0.15) is 64.6 Å². The van der Waals surface area contributed by atoms with Crippen LogP contribution in [0.2, 0.25) is 0 Å². The van der Waals surface area contributed by atoms with Crippen LogP contribution in [0.4, 0.5) is 0 Å². The highest BCUT2D eigenvalue weighted by atomic mass is 15.3. The van der Waals surface area contributed by atoms with Crippen molar-refractivity contribution in [1.82, 2.24) is 15.1 Å². The minimum Gasteiger partial charge on any atom is -0.316 e. The predicted octanol–water partition coefficient (Wildman–Crippen LogP) is 3.81. The van der Waals surface area contributed by atoms with E-state index >= 15 is 0 Å². The molecular formula is C17H31N3. The zero-order valence-electron chi connectivity index (χ0n) is 13.4. The second-order valence-corrected chi connectivity index (χ2v) is 6.59. The van der Waals surface area contributed by atoms with Crippen molar-refractivity contribution < 1.29 is 0 Å². The zero-order chi connectivity index (χ0) is 14.4. The van der Waals surface area contributed by atoms with Crippen LogP contribution < -0.4 is 5.32 Å². The standard InChI is InChI=1S/C17H31N3/c1-4-10-18-13-16-8-6-5-7-15(16)12-17-9-11-20(19-17)14(2)3/h9,11,14-16,18H,4-8,10,12-13H2,1-3H3. The molecule has 3 nitrogen and oxygen atoms in total. The van der Waals surface area contributed by atoms with Crippen molar-refractivity contribution >= 4 is 0 Å². The van der Waals surface area contributed by atoms with Gasteiger partial charge in [-0.1, -0.05) is 19.8 Å². The molecule has 3 heteroatoms. The van der Waals surface area contributed by atoms with Gasteiger partial charge in [0.15, 0.2) is 0 Å². The third-order valence-electron chi connectivity index (χ3n) is 4.56. The van der Waals surface area contributed by atoms with Gasteiger partial charge in [-0.3, -0.25) is 4.68 Å². The minimum atomic E-state index is 0.470. The monoisotopic (exact) mass is 277 g/mol. The van der Waals surface area contributed by atoms with Crippen LogP contribution in [0, 0.1) is 11.8 Å². The van der Waals surface area contributed by atoms with E-state index in [1.165, 1.54) is 44.3 Å². The molecule has 0 spiro atoms. The molecule has 1 aromatic rings. The van der Waals surface area contributed by atoms with Crippen molar-refractivity contribution in [3.8, 4) is 0 Å². The van der Waals surface area contributed by atoms with Gasteiger partial charge in [0, 0.05) is 12.2 Å². The maximum absolute atomic E-state index is 4.73. The Morgan fingerprint density at radius 3 is 2.70 bits per heavy atom. The molecule has 1 heterocycles. The molecule has 1 aliphatic rings. The summed E-state index contributed by atoms with van der Waals surface area (Å²) in [6, 6.07) is 2.68. The molecule has 114 valence electrons. The van der Waals surface area contributed by atoms with E-state index in [1.54, 1.807) is 0 Å². The molecule has 2 atom stereocenters. The van der Waals surface area contributed by atoms with Crippen molar-refractivity contribution in [3.05, 3.63) is 18.0 Å². The molecule has 2 unspecified atom stereocenters. The fourth-order valence-electron chi connectivity index (χ4n) is 3.33. The fraction of sp³-hybridized carbons (Fsp3) is 0.824. The van der Waals surface area contributed by atoms with E-state index in [1.807, 2.05) is 0 Å². The summed E-state index contributed by atoms with van der Waals surface area (Å²) in [4.78, 5) is 0. The number of rotatable bonds is 7. The smallest absolute Gasteiger partial charge is 0.0627 e. The van der Waals surface area contributed by atoms with Crippen LogP contribution in [0.25, 0.3) is 0 Å². The van der Waals surface area contributed by atoms with Crippen molar-refractivity contribution in [1.29, 1.82) is 0 Å². The summed E-state index contributed by atoms with van der Waals surface area (Å²) in [5.41, 5.74) is 1.28. The Morgan fingerprint density at radius 1 is 1.30 bits per heavy atom. The van der Waals surface area contributed by atoms with Crippen molar-refractivity contribution in [3.63, 3.8) is 0 Å². The lowest BCUT2D eigenvalue weighted by atomic mass is 9.77. The summed E-state index contributed by atoms with van der Waals surface area (Å²) in [6.45, 7) is 8.97. The van der Waals surface area contributed by atoms with Gasteiger partial charge in [-0.05, 0) is 70.5 Å². The predicted molar refractivity (Wildman–Crippen MR) is 84.9 cm³/mol. The molecule has 1 aliphatic carbocycles. The molecule has 2 rings (SSSR count). The Hall–Kier alpha value is -0.830. The summed E-state index contributed by atoms with van der Waals surface area (Å²) < 4.78 is 2.09. The normalized spacial score (nSPS) is 23.4. The number of hydrogen-bond acceptors (Lipinski definition) is 2. The van der Waals surface area contributed by atoms with E-state index in [0.717, 1.165) is 24.8 Å². The van der Waals surface area contributed by atoms with Crippen molar-refractivity contribution in [2.45, 2.75) is 65.3 Å². The SMILES string of the molecule is CCCNCC1CCCCC1Cc1ccn(C(C)C)n1. The van der Waals surface area contributed by atoms with Gasteiger partial charge in [0.2, 0.25) is 0 Å². The Morgan fingerprint density at radius 2 is 2.05 bits per heavy atom. The number of hydrogen-bond donors (Lipinski definition) is 1. The zero-order valence-corrected chi connectivity index (χ0v) is 13.4. The lowest BCUT2D eigenvalue weighted by Crippen LogP contribution is -2.32. The quantitative estimate of drug-likeness (QED) is 0.768. The summed E-state index contributed by atoms with van der Waals surface area (Å²) in [7, 11) is 0. The van der Waals surface area contributed by atoms with E-state index in [2.05, 4.69) is 43.0 Å². The van der Waals surface area contributed by atoms with Crippen LogP contribution in [0.15, 0.2) is 12.3 Å². The first-order chi connectivity index (χ1) is 9.70. The molecule has 0 aromatic carbocycles. The first-order valence-electron chi connectivity index (χ1n) is 8.45. The lowest BCUT2D eigenvalue weighted by Gasteiger charge is -2.31. The maximum Gasteiger partial charge on any atom is 0.0627 e. The molecule has 0 radical (unpaired) electrons. The van der Waals surface area contributed by atoms with Crippen LogP contribution in [-0.4, -0.2) is 22.9 Å². The van der Waals surface area contributed by atoms with E-state index in [-0.39, 0.29) is 0 Å². The molecular weight excluding hydrogens is 246 g/mol. The highest BCUT2D eigenvalue weighted by Gasteiger charge is 2.25. The van der Waals surface area contributed by atoms with Crippen LogP contribution >= 0.6 is 0 Å². The average molecular weight is 277 g/mol. The summed E-state index contributed by atoms with van der Waals surface area (Å²) in [5.74, 6) is 1.67. The van der Waals surface area contributed by atoms with Gasteiger partial charge in [-0.25, -0.2) is 0 Å². The van der Waals surface area contributed by atoms with Gasteiger partial charge in [-0.2, -0.15) is 5.10 Å². The van der Waals surface area contributed by atoms with Gasteiger partial charge < -0.3 is 5.32 Å². The third-order valence-corrected chi connectivity index (χ3v) is 4.56. The second-order valence-electron chi connectivity index (χ2n) is 6.59. The molecule has 0 amide bonds. The number of nitrogens with one attached hydrogen (secondary N) is 1. The average Bonchev–Trinajstić information content (AvgIpc) is 2.90. The lowest BCUT2D eigenvalue weighted by molar-refractivity contribution is 0.227. The summed E-state index contributed by atoms with van der Waals surface area (Å²) >= 11 is 0. The summed E-state index contributed by atoms with van der Waals surface area (Å²) in [6.07, 6.45) is 10.1. The van der Waals surface area contributed by atoms with Crippen LogP contribution in [-0.2, 0) is 6.42 Å². The Kier molecular flexibility index (Phi) is 6.08. The molecule has 0 bridgehead atoms. The Balaban J connectivity index is 1.90. The van der Waals surface area contributed by atoms with E-state index in [9.17, 15) is 0 Å². The third kappa shape index (κ3) is 4.34. The first-order valence-corrected chi connectivity index (χ1v) is 8.45. The van der Waals surface area contributed by atoms with Gasteiger partial charge in [0.1, 0.15) is 0 Å². The van der Waals surface area contributed by atoms with Gasteiger partial charge in [-0.15, -0.1) is 0 Å². The molecule has 1 saturated carbocycles. The second kappa shape index (κ2) is 7.82. The summed E-state index contributed by atoms with van der Waals surface area (Å²) in [5, 5.41) is 8.35. The van der Waals surface area contributed by atoms with E-state index < -0.39 is 0 Å². The van der Waals surface area contributed by atoms with E-state index in [0.29, 0.717) is 6.04 Å². The van der Waals surface area contributed by atoms with E-state index in [4.69, 9.17) is 5.10 Å². The van der Waals surface area contributed by atoms with Gasteiger partial charge in [0.25, 0.3) is 0 Å². The Bertz CT molecular complexity index is 383. The molecule has 1 aromatic heterocycles. The van der Waals surface area contributed by atoms with Gasteiger partial charge in [0.05, 0.1) is 5.69 Å². The minimum absolute atomic E-state index is 0.470. The van der Waals surface area contributed by atoms with Crippen LogP contribution in [0.3, 0.4) is 0 Å². The maximum atomic E-state index is 4.73. The molecule has 20 heavy (non-hydrogen) atoms. The van der Waals surface area contributed by atoms with Crippen LogP contribution in [0.5, 0.6) is 0 Å². The molecule has 0 aliphatic heterocycles.